The van der Waals surface area contributed by atoms with E-state index in [4.69, 9.17) is 0 Å². The molecule has 47 heavy (non-hydrogen) atoms. The van der Waals surface area contributed by atoms with E-state index in [0.717, 1.165) is 49.6 Å². The predicted molar refractivity (Wildman–Crippen MR) is 186 cm³/mol. The molecule has 0 aliphatic rings. The summed E-state index contributed by atoms with van der Waals surface area (Å²) in [5.41, 5.74) is -0.0913. The van der Waals surface area contributed by atoms with E-state index in [9.17, 15) is 40.6 Å². The van der Waals surface area contributed by atoms with Gasteiger partial charge in [-0.15, -0.1) is 0 Å². The maximum absolute atomic E-state index is 12.9. The van der Waals surface area contributed by atoms with E-state index in [-0.39, 0.29) is 22.7 Å². The molecule has 11 nitrogen and oxygen atoms in total. The molecule has 0 heterocycles. The molecule has 0 saturated heterocycles. The van der Waals surface area contributed by atoms with Gasteiger partial charge in [-0.2, -0.15) is 16.8 Å². The average molecular weight is 715 g/mol. The third-order valence-corrected chi connectivity index (χ3v) is 10.6. The van der Waals surface area contributed by atoms with Crippen molar-refractivity contribution in [3.05, 3.63) is 41.5 Å². The summed E-state index contributed by atoms with van der Waals surface area (Å²) in [5, 5.41) is 15.6. The van der Waals surface area contributed by atoms with Gasteiger partial charge in [-0.3, -0.25) is 18.7 Å². The first kappa shape index (κ1) is 40.5. The van der Waals surface area contributed by atoms with Crippen LogP contribution in [0.1, 0.15) is 126 Å². The predicted octanol–water partition coefficient (Wildman–Crippen LogP) is 8.51. The number of benzene rings is 2. The zero-order valence-electron chi connectivity index (χ0n) is 27.6. The first-order valence-corrected chi connectivity index (χ1v) is 20.1. The van der Waals surface area contributed by atoms with Crippen molar-refractivity contribution in [2.24, 2.45) is 0 Å². The number of amides is 2. The van der Waals surface area contributed by atoms with Crippen LogP contribution in [0.15, 0.2) is 45.0 Å². The van der Waals surface area contributed by atoms with Crippen LogP contribution in [0, 0.1) is 6.92 Å². The van der Waals surface area contributed by atoms with Gasteiger partial charge in [0.2, 0.25) is 0 Å². The molecule has 2 amide bonds. The molecule has 5 N–H and O–H groups in total. The number of phenols is 1. The molecule has 2 aromatic rings. The average Bonchev–Trinajstić information content (AvgIpc) is 3.00. The zero-order valence-corrected chi connectivity index (χ0v) is 30.0. The zero-order chi connectivity index (χ0) is 35.0. The number of aromatic hydroxyl groups is 1. The molecule has 1 unspecified atom stereocenters. The lowest BCUT2D eigenvalue weighted by Gasteiger charge is -2.17. The number of aryl methyl sites for hydroxylation is 1. The smallest absolute Gasteiger partial charge is 0.294 e. The van der Waals surface area contributed by atoms with Crippen LogP contribution in [0.4, 0.5) is 10.5 Å². The minimum atomic E-state index is -4.93. The number of rotatable bonds is 21. The quantitative estimate of drug-likeness (QED) is 0.0363. The van der Waals surface area contributed by atoms with Crippen molar-refractivity contribution in [3.63, 3.8) is 0 Å². The molecule has 0 bridgehead atoms. The van der Waals surface area contributed by atoms with Crippen molar-refractivity contribution in [2.75, 3.05) is 5.32 Å². The highest BCUT2D eigenvalue weighted by Crippen LogP contribution is 2.34. The van der Waals surface area contributed by atoms with Gasteiger partial charge in [-0.1, -0.05) is 97.3 Å². The Hall–Kier alpha value is -2.65. The second-order valence-electron chi connectivity index (χ2n) is 11.9. The van der Waals surface area contributed by atoms with Crippen LogP contribution in [0.2, 0.25) is 0 Å². The molecule has 0 spiro atoms. The summed E-state index contributed by atoms with van der Waals surface area (Å²) in [6.07, 6.45) is 18.2. The maximum atomic E-state index is 12.9. The van der Waals surface area contributed by atoms with Crippen molar-refractivity contribution in [1.29, 1.82) is 0 Å². The van der Waals surface area contributed by atoms with Crippen molar-refractivity contribution >= 4 is 48.8 Å². The molecule has 0 aromatic heterocycles. The van der Waals surface area contributed by atoms with Gasteiger partial charge >= 0.3 is 0 Å². The third-order valence-electron chi connectivity index (χ3n) is 7.95. The summed E-state index contributed by atoms with van der Waals surface area (Å²) in [4.78, 5) is 24.4. The molecule has 14 heteroatoms. The summed E-state index contributed by atoms with van der Waals surface area (Å²) in [5.74, 6) is -1.39. The fourth-order valence-electron chi connectivity index (χ4n) is 5.16. The molecule has 2 aromatic carbocycles. The van der Waals surface area contributed by atoms with Gasteiger partial charge in [0.15, 0.2) is 0 Å². The number of anilines is 1. The van der Waals surface area contributed by atoms with Crippen LogP contribution in [0.3, 0.4) is 0 Å². The Labute approximate surface area is 284 Å². The number of phenolic OH excluding ortho intramolecular Hbond substituents is 1. The number of hydrogen-bond acceptors (Lipinski definition) is 8. The van der Waals surface area contributed by atoms with E-state index in [1.807, 2.05) is 6.92 Å². The Bertz CT molecular complexity index is 1490. The van der Waals surface area contributed by atoms with E-state index in [1.165, 1.54) is 82.8 Å². The number of thioether (sulfide) groups is 1. The topological polar surface area (TPSA) is 187 Å². The van der Waals surface area contributed by atoms with Gasteiger partial charge in [0.25, 0.3) is 31.4 Å². The van der Waals surface area contributed by atoms with Gasteiger partial charge in [0.05, 0.1) is 15.5 Å². The van der Waals surface area contributed by atoms with E-state index in [1.54, 1.807) is 6.92 Å². The molecule has 264 valence electrons. The number of unbranched alkanes of at least 4 members (excludes halogenated alkanes) is 12. The first-order chi connectivity index (χ1) is 22.1. The number of nitrogens with one attached hydrogen (secondary N) is 2. The van der Waals surface area contributed by atoms with Crippen LogP contribution in [0.5, 0.6) is 5.75 Å². The van der Waals surface area contributed by atoms with Gasteiger partial charge < -0.3 is 15.7 Å². The van der Waals surface area contributed by atoms with E-state index >= 15 is 0 Å². The Balaban J connectivity index is 1.90. The number of hydrogen-bond donors (Lipinski definition) is 5. The molecule has 2 rings (SSSR count). The molecule has 0 fully saturated rings. The van der Waals surface area contributed by atoms with Gasteiger partial charge in [0.1, 0.15) is 5.75 Å². The second kappa shape index (κ2) is 20.0. The normalized spacial score (nSPS) is 12.5. The molecule has 1 atom stereocenters. The third kappa shape index (κ3) is 15.0. The maximum Gasteiger partial charge on any atom is 0.294 e. The Morgan fingerprint density at radius 1 is 0.745 bits per heavy atom. The van der Waals surface area contributed by atoms with E-state index < -0.39 is 41.5 Å². The van der Waals surface area contributed by atoms with Crippen LogP contribution in [-0.2, 0) is 20.2 Å². The molecule has 0 aliphatic carbocycles. The van der Waals surface area contributed by atoms with Gasteiger partial charge in [-0.05, 0) is 67.4 Å². The molecular formula is C33H50N2O9S3. The number of carbonyl (C=O) groups is 2. The first-order valence-electron chi connectivity index (χ1n) is 16.4. The van der Waals surface area contributed by atoms with Crippen LogP contribution in [0.25, 0.3) is 0 Å². The highest BCUT2D eigenvalue weighted by Gasteiger charge is 2.22. The summed E-state index contributed by atoms with van der Waals surface area (Å²) in [6.45, 7) is 5.94. The molecular weight excluding hydrogens is 665 g/mol. The van der Waals surface area contributed by atoms with E-state index in [0.29, 0.717) is 16.5 Å². The Kier molecular flexibility index (Phi) is 17.2. The second-order valence-corrected chi connectivity index (χ2v) is 15.8. The molecule has 0 saturated carbocycles. The van der Waals surface area contributed by atoms with Gasteiger partial charge in [-0.25, -0.2) is 0 Å². The standard InChI is InChI=1S/C33H50N2O9S3/c1-4-6-7-8-9-10-11-12-13-14-15-16-17-18-26(5-2)34-33(38)45-31-23-29(30(36)19-24(31)3)35-32(37)25-20-27(46(39,40)41)22-28(21-25)47(42,43)44/h19-23,26,36H,4-18H2,1-3H3,(H,34,38)(H,35,37)(H,39,40,41)(H,42,43,44). The monoisotopic (exact) mass is 714 g/mol. The highest BCUT2D eigenvalue weighted by molar-refractivity contribution is 8.13. The van der Waals surface area contributed by atoms with Crippen molar-refractivity contribution in [2.45, 2.75) is 138 Å². The summed E-state index contributed by atoms with van der Waals surface area (Å²) < 4.78 is 65.2. The minimum absolute atomic E-state index is 0.00591. The summed E-state index contributed by atoms with van der Waals surface area (Å²) in [6, 6.07) is 4.66. The van der Waals surface area contributed by atoms with Crippen molar-refractivity contribution in [1.82, 2.24) is 5.32 Å². The SMILES string of the molecule is CCCCCCCCCCCCCCCC(CC)NC(=O)Sc1cc(NC(=O)c2cc(S(=O)(=O)O)cc(S(=O)(=O)O)c2)c(O)cc1C. The molecule has 0 radical (unpaired) electrons. The minimum Gasteiger partial charge on any atom is -0.506 e. The number of carbonyl (C=O) groups excluding carboxylic acids is 2. The fraction of sp³-hybridized carbons (Fsp3) is 0.576. The largest absolute Gasteiger partial charge is 0.506 e. The fourth-order valence-corrected chi connectivity index (χ4v) is 7.16. The summed E-state index contributed by atoms with van der Waals surface area (Å²) in [7, 11) is -9.86. The summed E-state index contributed by atoms with van der Waals surface area (Å²) >= 11 is 0.896. The van der Waals surface area contributed by atoms with E-state index in [2.05, 4.69) is 17.6 Å². The Morgan fingerprint density at radius 2 is 1.23 bits per heavy atom. The van der Waals surface area contributed by atoms with Gasteiger partial charge in [0, 0.05) is 16.5 Å². The van der Waals surface area contributed by atoms with Crippen molar-refractivity contribution < 1.29 is 40.6 Å². The van der Waals surface area contributed by atoms with Crippen LogP contribution < -0.4 is 10.6 Å². The highest BCUT2D eigenvalue weighted by atomic mass is 32.2. The van der Waals surface area contributed by atoms with Crippen molar-refractivity contribution in [3.8, 4) is 5.75 Å². The lowest BCUT2D eigenvalue weighted by atomic mass is 10.0. The lowest BCUT2D eigenvalue weighted by molar-refractivity contribution is 0.102. The van der Waals surface area contributed by atoms with Crippen LogP contribution in [-0.4, -0.2) is 48.2 Å². The Morgan fingerprint density at radius 3 is 1.70 bits per heavy atom. The molecule has 0 aliphatic heterocycles. The lowest BCUT2D eigenvalue weighted by Crippen LogP contribution is -2.31. The van der Waals surface area contributed by atoms with Crippen LogP contribution >= 0.6 is 11.8 Å².